The molecular weight excluding hydrogens is 324 g/mol. The van der Waals surface area contributed by atoms with Gasteiger partial charge in [0.2, 0.25) is 0 Å². The average molecular weight is 332 g/mol. The molecule has 0 saturated carbocycles. The highest BCUT2D eigenvalue weighted by Gasteiger charge is 2.19. The normalized spacial score (nSPS) is 10.5. The molecule has 12 nitrogen and oxygen atoms in total. The minimum atomic E-state index is -0.811. The summed E-state index contributed by atoms with van der Waals surface area (Å²) >= 11 is 0. The van der Waals surface area contributed by atoms with Crippen molar-refractivity contribution in [3.05, 3.63) is 72.6 Å². The predicted molar refractivity (Wildman–Crippen MR) is 81.9 cm³/mol. The first-order valence-corrected chi connectivity index (χ1v) is 6.21. The smallest absolute Gasteiger partial charge is 0.272 e. The van der Waals surface area contributed by atoms with Crippen LogP contribution in [0.2, 0.25) is 0 Å². The molecule has 0 aliphatic rings. The van der Waals surface area contributed by atoms with Gasteiger partial charge in [0.05, 0.1) is 27.1 Å². The molecule has 0 unspecified atom stereocenters. The van der Waals surface area contributed by atoms with Crippen molar-refractivity contribution in [3.8, 4) is 0 Å². The fourth-order valence-corrected chi connectivity index (χ4v) is 1.71. The zero-order valence-electron chi connectivity index (χ0n) is 11.7. The van der Waals surface area contributed by atoms with Crippen molar-refractivity contribution in [1.82, 2.24) is 4.98 Å². The van der Waals surface area contributed by atoms with Crippen LogP contribution in [0.1, 0.15) is 5.69 Å². The molecule has 1 aromatic carbocycles. The molecule has 0 bridgehead atoms. The largest absolute Gasteiger partial charge is 0.301 e. The Hall–Kier alpha value is -3.96. The molecule has 2 aromatic rings. The van der Waals surface area contributed by atoms with Crippen LogP contribution in [0.4, 0.5) is 22.7 Å². The van der Waals surface area contributed by atoms with Gasteiger partial charge in [-0.3, -0.25) is 35.8 Å². The molecule has 1 heterocycles. The number of nitrogens with one attached hydrogen (secondary N) is 1. The van der Waals surface area contributed by atoms with E-state index in [0.29, 0.717) is 0 Å². The van der Waals surface area contributed by atoms with Gasteiger partial charge >= 0.3 is 5.69 Å². The molecule has 2 rings (SSSR count). The van der Waals surface area contributed by atoms with E-state index in [0.717, 1.165) is 24.4 Å². The Kier molecular flexibility index (Phi) is 4.70. The van der Waals surface area contributed by atoms with E-state index in [-0.39, 0.29) is 17.1 Å². The van der Waals surface area contributed by atoms with Gasteiger partial charge in [-0.1, -0.05) is 0 Å². The minimum absolute atomic E-state index is 0.0560. The molecule has 1 aromatic heterocycles. The maximum atomic E-state index is 11.0. The van der Waals surface area contributed by atoms with Gasteiger partial charge in [-0.2, -0.15) is 5.10 Å². The molecule has 0 radical (unpaired) electrons. The molecule has 0 saturated heterocycles. The summed E-state index contributed by atoms with van der Waals surface area (Å²) in [5.74, 6) is 0. The number of nitro benzene ring substituents is 2. The van der Waals surface area contributed by atoms with Gasteiger partial charge in [-0.05, 0) is 12.1 Å². The number of pyridine rings is 1. The van der Waals surface area contributed by atoms with Gasteiger partial charge < -0.3 is 0 Å². The molecule has 0 aliphatic heterocycles. The lowest BCUT2D eigenvalue weighted by molar-refractivity contribution is -0.393. The Morgan fingerprint density at radius 2 is 1.71 bits per heavy atom. The Labute approximate surface area is 132 Å². The van der Waals surface area contributed by atoms with E-state index in [1.54, 1.807) is 0 Å². The zero-order valence-corrected chi connectivity index (χ0v) is 11.7. The number of hydrogen-bond acceptors (Lipinski definition) is 9. The monoisotopic (exact) mass is 332 g/mol. The highest BCUT2D eigenvalue weighted by atomic mass is 16.6. The first kappa shape index (κ1) is 16.4. The molecule has 0 amide bonds. The van der Waals surface area contributed by atoms with Crippen LogP contribution in [-0.2, 0) is 0 Å². The lowest BCUT2D eigenvalue weighted by Crippen LogP contribution is -2.00. The van der Waals surface area contributed by atoms with Gasteiger partial charge in [0, 0.05) is 18.3 Å². The molecule has 122 valence electrons. The summed E-state index contributed by atoms with van der Waals surface area (Å²) in [6.45, 7) is 0. The lowest BCUT2D eigenvalue weighted by Gasteiger charge is -2.02. The Morgan fingerprint density at radius 1 is 1.00 bits per heavy atom. The van der Waals surface area contributed by atoms with Crippen LogP contribution in [0.25, 0.3) is 0 Å². The zero-order chi connectivity index (χ0) is 17.7. The van der Waals surface area contributed by atoms with Gasteiger partial charge in [0.25, 0.3) is 11.4 Å². The van der Waals surface area contributed by atoms with E-state index in [2.05, 4.69) is 15.5 Å². The summed E-state index contributed by atoms with van der Waals surface area (Å²) in [5, 5.41) is 36.1. The maximum Gasteiger partial charge on any atom is 0.301 e. The van der Waals surface area contributed by atoms with Gasteiger partial charge in [0.1, 0.15) is 5.69 Å². The number of hydrazone groups is 1. The van der Waals surface area contributed by atoms with Crippen molar-refractivity contribution >= 4 is 29.0 Å². The SMILES string of the molecule is O=[N+]([O-])c1ccc(N/N=C/c2ncccc2[N+](=O)[O-])c([N+](=O)[O-])c1. The summed E-state index contributed by atoms with van der Waals surface area (Å²) in [6.07, 6.45) is 2.34. The molecule has 0 spiro atoms. The molecule has 0 aliphatic carbocycles. The molecular formula is C12H8N6O6. The molecule has 0 atom stereocenters. The summed E-state index contributed by atoms with van der Waals surface area (Å²) in [7, 11) is 0. The topological polar surface area (TPSA) is 167 Å². The second kappa shape index (κ2) is 6.87. The van der Waals surface area contributed by atoms with Crippen LogP contribution < -0.4 is 5.43 Å². The van der Waals surface area contributed by atoms with Gasteiger partial charge in [-0.15, -0.1) is 0 Å². The maximum absolute atomic E-state index is 11.0. The Bertz CT molecular complexity index is 852. The first-order valence-electron chi connectivity index (χ1n) is 6.21. The van der Waals surface area contributed by atoms with E-state index in [1.807, 2.05) is 0 Å². The number of nitro groups is 3. The van der Waals surface area contributed by atoms with Gasteiger partial charge in [0.15, 0.2) is 5.69 Å². The third kappa shape index (κ3) is 3.62. The van der Waals surface area contributed by atoms with Crippen LogP contribution in [0, 0.1) is 30.3 Å². The third-order valence-corrected chi connectivity index (χ3v) is 2.77. The van der Waals surface area contributed by atoms with Crippen LogP contribution >= 0.6 is 0 Å². The van der Waals surface area contributed by atoms with E-state index < -0.39 is 26.1 Å². The highest BCUT2D eigenvalue weighted by Crippen LogP contribution is 2.28. The first-order chi connectivity index (χ1) is 11.4. The fraction of sp³-hybridized carbons (Fsp3) is 0. The number of benzene rings is 1. The van der Waals surface area contributed by atoms with E-state index >= 15 is 0 Å². The van der Waals surface area contributed by atoms with Crippen molar-refractivity contribution in [2.75, 3.05) is 5.43 Å². The molecule has 12 heteroatoms. The molecule has 24 heavy (non-hydrogen) atoms. The second-order valence-electron chi connectivity index (χ2n) is 4.25. The summed E-state index contributed by atoms with van der Waals surface area (Å²) in [5.41, 5.74) is 0.855. The van der Waals surface area contributed by atoms with Crippen molar-refractivity contribution in [1.29, 1.82) is 0 Å². The third-order valence-electron chi connectivity index (χ3n) is 2.77. The second-order valence-corrected chi connectivity index (χ2v) is 4.25. The van der Waals surface area contributed by atoms with Crippen molar-refractivity contribution in [3.63, 3.8) is 0 Å². The van der Waals surface area contributed by atoms with E-state index in [1.165, 1.54) is 18.3 Å². The number of rotatable bonds is 6. The number of aromatic nitrogens is 1. The highest BCUT2D eigenvalue weighted by molar-refractivity contribution is 5.83. The Balaban J connectivity index is 2.28. The van der Waals surface area contributed by atoms with Crippen molar-refractivity contribution < 1.29 is 14.8 Å². The molecule has 1 N–H and O–H groups in total. The lowest BCUT2D eigenvalue weighted by atomic mass is 10.2. The van der Waals surface area contributed by atoms with Crippen LogP contribution in [0.5, 0.6) is 0 Å². The standard InChI is InChI=1S/C12H8N6O6/c19-16(20)8-3-4-9(12(6-8)18(23)24)15-14-7-10-11(17(21)22)2-1-5-13-10/h1-7,15H/b14-7+. The average Bonchev–Trinajstić information content (AvgIpc) is 2.55. The van der Waals surface area contributed by atoms with Crippen LogP contribution in [0.15, 0.2) is 41.6 Å². The fourth-order valence-electron chi connectivity index (χ4n) is 1.71. The summed E-state index contributed by atoms with van der Waals surface area (Å²) < 4.78 is 0. The number of non-ortho nitro benzene ring substituents is 1. The van der Waals surface area contributed by atoms with E-state index in [4.69, 9.17) is 0 Å². The Morgan fingerprint density at radius 3 is 2.33 bits per heavy atom. The van der Waals surface area contributed by atoms with Crippen molar-refractivity contribution in [2.24, 2.45) is 5.10 Å². The minimum Gasteiger partial charge on any atom is -0.272 e. The molecule has 0 fully saturated rings. The van der Waals surface area contributed by atoms with Crippen LogP contribution in [-0.4, -0.2) is 26.0 Å². The summed E-state index contributed by atoms with van der Waals surface area (Å²) in [6, 6.07) is 5.56. The van der Waals surface area contributed by atoms with Gasteiger partial charge in [-0.25, -0.2) is 4.98 Å². The number of nitrogens with zero attached hydrogens (tertiary/aromatic N) is 5. The van der Waals surface area contributed by atoms with E-state index in [9.17, 15) is 30.3 Å². The quantitative estimate of drug-likeness (QED) is 0.477. The van der Waals surface area contributed by atoms with Crippen molar-refractivity contribution in [2.45, 2.75) is 0 Å². The number of hydrogen-bond donors (Lipinski definition) is 1. The summed E-state index contributed by atoms with van der Waals surface area (Å²) in [4.78, 5) is 34.0. The number of anilines is 1. The van der Waals surface area contributed by atoms with Crippen LogP contribution in [0.3, 0.4) is 0 Å². The predicted octanol–water partition coefficient (Wildman–Crippen LogP) is 2.25.